The highest BCUT2D eigenvalue weighted by atomic mass is 79.9. The fourth-order valence-electron chi connectivity index (χ4n) is 3.70. The molecule has 1 aromatic rings. The zero-order chi connectivity index (χ0) is 14.7. The molecule has 1 unspecified atom stereocenters. The molecule has 1 spiro atoms. The molecule has 1 atom stereocenters. The van der Waals surface area contributed by atoms with E-state index in [-0.39, 0.29) is 5.60 Å². The van der Waals surface area contributed by atoms with Gasteiger partial charge in [0, 0.05) is 28.9 Å². The number of methoxy groups -OCH3 is 1. The van der Waals surface area contributed by atoms with E-state index in [4.69, 9.17) is 9.47 Å². The first-order chi connectivity index (χ1) is 10.2. The molecule has 0 radical (unpaired) electrons. The molecule has 1 aliphatic heterocycles. The summed E-state index contributed by atoms with van der Waals surface area (Å²) in [4.78, 5) is 0. The van der Waals surface area contributed by atoms with Crippen LogP contribution in [0.3, 0.4) is 0 Å². The van der Waals surface area contributed by atoms with Crippen LogP contribution in [0.5, 0.6) is 5.75 Å². The fraction of sp³-hybridized carbons (Fsp3) is 0.647. The molecule has 0 amide bonds. The third kappa shape index (κ3) is 3.72. The standard InChI is InChI=1S/C17H24BrNO2/c1-20-16-10-13(18)9-15(11-16)19-14-5-8-21-17(12-14)6-3-2-4-7-17/h9-11,14,19H,2-8,12H2,1H3. The highest BCUT2D eigenvalue weighted by molar-refractivity contribution is 9.10. The van der Waals surface area contributed by atoms with Gasteiger partial charge in [-0.25, -0.2) is 0 Å². The molecule has 1 aromatic carbocycles. The summed E-state index contributed by atoms with van der Waals surface area (Å²) in [6.45, 7) is 0.878. The Balaban J connectivity index is 1.68. The Hall–Kier alpha value is -0.740. The molecule has 1 saturated heterocycles. The van der Waals surface area contributed by atoms with Crippen LogP contribution in [0.25, 0.3) is 0 Å². The van der Waals surface area contributed by atoms with Crippen molar-refractivity contribution in [1.29, 1.82) is 0 Å². The van der Waals surface area contributed by atoms with Gasteiger partial charge in [0.15, 0.2) is 0 Å². The van der Waals surface area contributed by atoms with E-state index in [1.165, 1.54) is 32.1 Å². The summed E-state index contributed by atoms with van der Waals surface area (Å²) < 4.78 is 12.6. The van der Waals surface area contributed by atoms with Crippen molar-refractivity contribution in [3.05, 3.63) is 22.7 Å². The summed E-state index contributed by atoms with van der Waals surface area (Å²) in [7, 11) is 1.71. The molecule has 1 aliphatic carbocycles. The second-order valence-corrected chi connectivity index (χ2v) is 7.22. The van der Waals surface area contributed by atoms with Crippen LogP contribution in [0.2, 0.25) is 0 Å². The first kappa shape index (κ1) is 15.2. The van der Waals surface area contributed by atoms with E-state index in [0.717, 1.165) is 35.4 Å². The van der Waals surface area contributed by atoms with Crippen molar-refractivity contribution in [3.63, 3.8) is 0 Å². The maximum Gasteiger partial charge on any atom is 0.122 e. The molecule has 1 N–H and O–H groups in total. The second kappa shape index (κ2) is 6.57. The van der Waals surface area contributed by atoms with Crippen LogP contribution in [0.4, 0.5) is 5.69 Å². The lowest BCUT2D eigenvalue weighted by Gasteiger charge is -2.44. The first-order valence-electron chi connectivity index (χ1n) is 7.94. The third-order valence-corrected chi connectivity index (χ3v) is 5.19. The molecule has 0 aromatic heterocycles. The van der Waals surface area contributed by atoms with Gasteiger partial charge < -0.3 is 14.8 Å². The van der Waals surface area contributed by atoms with Crippen LogP contribution in [-0.4, -0.2) is 25.4 Å². The van der Waals surface area contributed by atoms with E-state index < -0.39 is 0 Å². The van der Waals surface area contributed by atoms with Gasteiger partial charge >= 0.3 is 0 Å². The Labute approximate surface area is 135 Å². The molecule has 4 heteroatoms. The zero-order valence-electron chi connectivity index (χ0n) is 12.7. The summed E-state index contributed by atoms with van der Waals surface area (Å²) in [6.07, 6.45) is 8.67. The number of hydrogen-bond donors (Lipinski definition) is 1. The Bertz CT molecular complexity index is 480. The van der Waals surface area contributed by atoms with Crippen LogP contribution < -0.4 is 10.1 Å². The minimum Gasteiger partial charge on any atom is -0.497 e. The van der Waals surface area contributed by atoms with Gasteiger partial charge in [-0.3, -0.25) is 0 Å². The topological polar surface area (TPSA) is 30.5 Å². The van der Waals surface area contributed by atoms with Gasteiger partial charge in [0.25, 0.3) is 0 Å². The Kier molecular flexibility index (Phi) is 4.75. The van der Waals surface area contributed by atoms with Crippen LogP contribution >= 0.6 is 15.9 Å². The van der Waals surface area contributed by atoms with Gasteiger partial charge in [-0.15, -0.1) is 0 Å². The molecule has 2 fully saturated rings. The van der Waals surface area contributed by atoms with Gasteiger partial charge in [-0.05, 0) is 37.8 Å². The average Bonchev–Trinajstić information content (AvgIpc) is 2.47. The minimum atomic E-state index is 0.143. The number of nitrogens with one attached hydrogen (secondary N) is 1. The summed E-state index contributed by atoms with van der Waals surface area (Å²) in [5.74, 6) is 0.881. The van der Waals surface area contributed by atoms with Crippen LogP contribution in [0.1, 0.15) is 44.9 Å². The monoisotopic (exact) mass is 353 g/mol. The molecule has 1 heterocycles. The Morgan fingerprint density at radius 2 is 2.05 bits per heavy atom. The maximum atomic E-state index is 6.17. The molecule has 3 nitrogen and oxygen atoms in total. The van der Waals surface area contributed by atoms with E-state index >= 15 is 0 Å². The summed E-state index contributed by atoms with van der Waals surface area (Å²) in [5, 5.41) is 3.68. The quantitative estimate of drug-likeness (QED) is 0.850. The smallest absolute Gasteiger partial charge is 0.122 e. The lowest BCUT2D eigenvalue weighted by Crippen LogP contribution is -2.45. The summed E-state index contributed by atoms with van der Waals surface area (Å²) in [5.41, 5.74) is 1.27. The molecule has 21 heavy (non-hydrogen) atoms. The Morgan fingerprint density at radius 1 is 1.24 bits per heavy atom. The van der Waals surface area contributed by atoms with Gasteiger partial charge in [-0.2, -0.15) is 0 Å². The lowest BCUT2D eigenvalue weighted by molar-refractivity contribution is -0.103. The van der Waals surface area contributed by atoms with Gasteiger partial charge in [0.1, 0.15) is 5.75 Å². The van der Waals surface area contributed by atoms with Crippen LogP contribution in [0, 0.1) is 0 Å². The number of anilines is 1. The number of ether oxygens (including phenoxy) is 2. The normalized spacial score (nSPS) is 24.8. The molecule has 0 bridgehead atoms. The largest absolute Gasteiger partial charge is 0.497 e. The number of rotatable bonds is 3. The van der Waals surface area contributed by atoms with E-state index in [9.17, 15) is 0 Å². The van der Waals surface area contributed by atoms with Gasteiger partial charge in [-0.1, -0.05) is 35.2 Å². The lowest BCUT2D eigenvalue weighted by atomic mass is 9.78. The van der Waals surface area contributed by atoms with Gasteiger partial charge in [0.05, 0.1) is 12.7 Å². The van der Waals surface area contributed by atoms with E-state index in [0.29, 0.717) is 6.04 Å². The second-order valence-electron chi connectivity index (χ2n) is 6.31. The SMILES string of the molecule is COc1cc(Br)cc(NC2CCOC3(CCCCC3)C2)c1. The molecule has 3 rings (SSSR count). The van der Waals surface area contributed by atoms with E-state index in [1.54, 1.807) is 7.11 Å². The van der Waals surface area contributed by atoms with Crippen molar-refractivity contribution in [3.8, 4) is 5.75 Å². The fourth-order valence-corrected chi connectivity index (χ4v) is 4.17. The predicted molar refractivity (Wildman–Crippen MR) is 89.1 cm³/mol. The molecule has 1 saturated carbocycles. The average molecular weight is 354 g/mol. The number of hydrogen-bond acceptors (Lipinski definition) is 3. The van der Waals surface area contributed by atoms with Crippen molar-refractivity contribution in [1.82, 2.24) is 0 Å². The van der Waals surface area contributed by atoms with Crippen molar-refractivity contribution in [2.24, 2.45) is 0 Å². The predicted octanol–water partition coefficient (Wildman–Crippen LogP) is 4.75. The highest BCUT2D eigenvalue weighted by Gasteiger charge is 2.38. The molecule has 2 aliphatic rings. The third-order valence-electron chi connectivity index (χ3n) is 4.74. The van der Waals surface area contributed by atoms with Crippen molar-refractivity contribution < 1.29 is 9.47 Å². The van der Waals surface area contributed by atoms with Crippen molar-refractivity contribution in [2.45, 2.75) is 56.6 Å². The first-order valence-corrected chi connectivity index (χ1v) is 8.74. The number of halogens is 1. The molecule has 116 valence electrons. The van der Waals surface area contributed by atoms with Crippen LogP contribution in [-0.2, 0) is 4.74 Å². The zero-order valence-corrected chi connectivity index (χ0v) is 14.2. The summed E-state index contributed by atoms with van der Waals surface area (Å²) >= 11 is 3.54. The van der Waals surface area contributed by atoms with Crippen LogP contribution in [0.15, 0.2) is 22.7 Å². The minimum absolute atomic E-state index is 0.143. The molecular weight excluding hydrogens is 330 g/mol. The van der Waals surface area contributed by atoms with E-state index in [2.05, 4.69) is 33.4 Å². The van der Waals surface area contributed by atoms with Crippen molar-refractivity contribution in [2.75, 3.05) is 19.0 Å². The number of benzene rings is 1. The maximum absolute atomic E-state index is 6.17. The summed E-state index contributed by atoms with van der Waals surface area (Å²) in [6, 6.07) is 6.66. The van der Waals surface area contributed by atoms with Gasteiger partial charge in [0.2, 0.25) is 0 Å². The highest BCUT2D eigenvalue weighted by Crippen LogP contribution is 2.39. The van der Waals surface area contributed by atoms with E-state index in [1.807, 2.05) is 6.07 Å². The Morgan fingerprint density at radius 3 is 2.81 bits per heavy atom. The molecular formula is C17H24BrNO2. The van der Waals surface area contributed by atoms with Crippen molar-refractivity contribution >= 4 is 21.6 Å².